The lowest BCUT2D eigenvalue weighted by atomic mass is 10.1. The zero-order chi connectivity index (χ0) is 15.8. The maximum atomic E-state index is 5.00. The van der Waals surface area contributed by atoms with Crippen LogP contribution in [0.15, 0.2) is 18.3 Å². The van der Waals surface area contributed by atoms with Crippen molar-refractivity contribution < 1.29 is 0 Å². The largest absolute Gasteiger partial charge is 0.300 e. The molecule has 2 unspecified atom stereocenters. The first-order chi connectivity index (χ1) is 11.2. The van der Waals surface area contributed by atoms with Gasteiger partial charge in [-0.05, 0) is 64.8 Å². The molecule has 0 spiro atoms. The minimum atomic E-state index is 0.353. The fourth-order valence-corrected chi connectivity index (χ4v) is 4.06. The van der Waals surface area contributed by atoms with E-state index >= 15 is 0 Å². The van der Waals surface area contributed by atoms with Gasteiger partial charge in [0.25, 0.3) is 0 Å². The van der Waals surface area contributed by atoms with Crippen LogP contribution in [0.25, 0.3) is 11.2 Å². The van der Waals surface area contributed by atoms with E-state index in [2.05, 4.69) is 39.7 Å². The molecule has 0 bridgehead atoms. The molecule has 0 saturated carbocycles. The Bertz CT molecular complexity index is 671. The predicted molar refractivity (Wildman–Crippen MR) is 92.5 cm³/mol. The van der Waals surface area contributed by atoms with Gasteiger partial charge < -0.3 is 4.90 Å². The van der Waals surface area contributed by atoms with Gasteiger partial charge in [-0.1, -0.05) is 0 Å². The Labute approximate surface area is 138 Å². The second-order valence-corrected chi connectivity index (χ2v) is 7.23. The molecule has 5 nitrogen and oxygen atoms in total. The Morgan fingerprint density at radius 2 is 2.17 bits per heavy atom. The highest BCUT2D eigenvalue weighted by atomic mass is 15.3. The van der Waals surface area contributed by atoms with Crippen molar-refractivity contribution in [3.8, 4) is 0 Å². The molecule has 2 aromatic heterocycles. The number of rotatable bonds is 3. The lowest BCUT2D eigenvalue weighted by Gasteiger charge is -2.28. The lowest BCUT2D eigenvalue weighted by Crippen LogP contribution is -2.33. The Hall–Kier alpha value is -1.46. The summed E-state index contributed by atoms with van der Waals surface area (Å²) in [6, 6.07) is 4.71. The van der Waals surface area contributed by atoms with Crippen molar-refractivity contribution in [1.29, 1.82) is 0 Å². The van der Waals surface area contributed by atoms with Crippen LogP contribution in [0.3, 0.4) is 0 Å². The normalized spacial score (nSPS) is 26.4. The first-order valence-electron chi connectivity index (χ1n) is 9.04. The van der Waals surface area contributed by atoms with E-state index in [9.17, 15) is 0 Å². The average molecular weight is 313 g/mol. The molecule has 4 heterocycles. The quantitative estimate of drug-likeness (QED) is 0.946. The standard InChI is InChI=1S/C18H27N5/c1-13(2)22-11-8-14(12-22)17-21-15-6-5-10-20-18(15)23(17)16-7-3-4-9-19-16/h5-6,10,13-14,16,19H,3-4,7-9,11-12H2,1-2H3. The summed E-state index contributed by atoms with van der Waals surface area (Å²) < 4.78 is 2.41. The molecule has 0 aliphatic carbocycles. The predicted octanol–water partition coefficient (Wildman–Crippen LogP) is 2.90. The number of piperidine rings is 1. The maximum absolute atomic E-state index is 5.00. The van der Waals surface area contributed by atoms with Gasteiger partial charge in [0, 0.05) is 24.7 Å². The molecule has 23 heavy (non-hydrogen) atoms. The number of nitrogens with zero attached hydrogens (tertiary/aromatic N) is 4. The average Bonchev–Trinajstić information content (AvgIpc) is 3.20. The molecular formula is C18H27N5. The van der Waals surface area contributed by atoms with Crippen LogP contribution < -0.4 is 5.32 Å². The van der Waals surface area contributed by atoms with Crippen molar-refractivity contribution >= 4 is 11.2 Å². The minimum absolute atomic E-state index is 0.353. The van der Waals surface area contributed by atoms with E-state index in [-0.39, 0.29) is 0 Å². The SMILES string of the molecule is CC(C)N1CCC(c2nc3cccnc3n2C2CCCCN2)C1. The molecule has 0 radical (unpaired) electrons. The fraction of sp³-hybridized carbons (Fsp3) is 0.667. The summed E-state index contributed by atoms with van der Waals surface area (Å²) in [5.41, 5.74) is 2.09. The number of aromatic nitrogens is 3. The first kappa shape index (κ1) is 15.1. The highest BCUT2D eigenvalue weighted by Crippen LogP contribution is 2.33. The van der Waals surface area contributed by atoms with Gasteiger partial charge in [0.2, 0.25) is 0 Å². The number of hydrogen-bond donors (Lipinski definition) is 1. The van der Waals surface area contributed by atoms with Gasteiger partial charge in [0.15, 0.2) is 5.65 Å². The third kappa shape index (κ3) is 2.76. The molecule has 1 N–H and O–H groups in total. The van der Waals surface area contributed by atoms with Gasteiger partial charge in [-0.3, -0.25) is 9.88 Å². The number of fused-ring (bicyclic) bond motifs is 1. The summed E-state index contributed by atoms with van der Waals surface area (Å²) in [5, 5.41) is 3.68. The molecule has 0 amide bonds. The Morgan fingerprint density at radius 3 is 2.91 bits per heavy atom. The molecular weight excluding hydrogens is 286 g/mol. The molecule has 2 aliphatic rings. The second kappa shape index (κ2) is 6.21. The van der Waals surface area contributed by atoms with E-state index in [0.717, 1.165) is 24.3 Å². The molecule has 2 aliphatic heterocycles. The van der Waals surface area contributed by atoms with E-state index in [0.29, 0.717) is 18.1 Å². The number of nitrogens with one attached hydrogen (secondary N) is 1. The zero-order valence-electron chi connectivity index (χ0n) is 14.2. The highest BCUT2D eigenvalue weighted by Gasteiger charge is 2.32. The monoisotopic (exact) mass is 313 g/mol. The van der Waals surface area contributed by atoms with Crippen LogP contribution in [-0.4, -0.2) is 45.1 Å². The van der Waals surface area contributed by atoms with E-state index in [1.54, 1.807) is 0 Å². The Kier molecular flexibility index (Phi) is 4.07. The van der Waals surface area contributed by atoms with Gasteiger partial charge in [0.1, 0.15) is 11.3 Å². The third-order valence-corrected chi connectivity index (χ3v) is 5.39. The number of imidazole rings is 1. The summed E-state index contributed by atoms with van der Waals surface area (Å²) in [6.07, 6.45) is 7.18. The summed E-state index contributed by atoms with van der Waals surface area (Å²) in [7, 11) is 0. The van der Waals surface area contributed by atoms with E-state index in [4.69, 9.17) is 4.98 Å². The number of hydrogen-bond acceptors (Lipinski definition) is 4. The summed E-state index contributed by atoms with van der Waals surface area (Å²) in [6.45, 7) is 7.97. The number of likely N-dealkylation sites (tertiary alicyclic amines) is 1. The molecule has 2 aromatic rings. The topological polar surface area (TPSA) is 46.0 Å². The van der Waals surface area contributed by atoms with Crippen LogP contribution in [0.4, 0.5) is 0 Å². The van der Waals surface area contributed by atoms with Crippen molar-refractivity contribution in [1.82, 2.24) is 24.8 Å². The lowest BCUT2D eigenvalue weighted by molar-refractivity contribution is 0.268. The molecule has 4 rings (SSSR count). The van der Waals surface area contributed by atoms with Gasteiger partial charge in [0.05, 0.1) is 6.17 Å². The fourth-order valence-electron chi connectivity index (χ4n) is 4.06. The molecule has 2 atom stereocenters. The number of pyridine rings is 1. The smallest absolute Gasteiger partial charge is 0.161 e. The molecule has 124 valence electrons. The van der Waals surface area contributed by atoms with E-state index < -0.39 is 0 Å². The van der Waals surface area contributed by atoms with Crippen LogP contribution in [0.2, 0.25) is 0 Å². The van der Waals surface area contributed by atoms with E-state index in [1.807, 2.05) is 12.3 Å². The Balaban J connectivity index is 1.73. The third-order valence-electron chi connectivity index (χ3n) is 5.39. The molecule has 5 heteroatoms. The van der Waals surface area contributed by atoms with E-state index in [1.165, 1.54) is 38.1 Å². The summed E-state index contributed by atoms with van der Waals surface area (Å²) in [4.78, 5) is 12.2. The van der Waals surface area contributed by atoms with Crippen LogP contribution in [0.1, 0.15) is 57.4 Å². The first-order valence-corrected chi connectivity index (χ1v) is 9.04. The van der Waals surface area contributed by atoms with Crippen molar-refractivity contribution in [2.24, 2.45) is 0 Å². The van der Waals surface area contributed by atoms with Crippen LogP contribution in [0.5, 0.6) is 0 Å². The summed E-state index contributed by atoms with van der Waals surface area (Å²) >= 11 is 0. The molecule has 2 fully saturated rings. The van der Waals surface area contributed by atoms with Gasteiger partial charge >= 0.3 is 0 Å². The molecule has 0 aromatic carbocycles. The van der Waals surface area contributed by atoms with Crippen molar-refractivity contribution in [3.05, 3.63) is 24.2 Å². The molecule has 2 saturated heterocycles. The van der Waals surface area contributed by atoms with Crippen LogP contribution in [0, 0.1) is 0 Å². The highest BCUT2D eigenvalue weighted by molar-refractivity contribution is 5.71. The van der Waals surface area contributed by atoms with Crippen molar-refractivity contribution in [3.63, 3.8) is 0 Å². The Morgan fingerprint density at radius 1 is 1.26 bits per heavy atom. The summed E-state index contributed by atoms with van der Waals surface area (Å²) in [5.74, 6) is 1.76. The van der Waals surface area contributed by atoms with Gasteiger partial charge in [-0.25, -0.2) is 9.97 Å². The zero-order valence-corrected chi connectivity index (χ0v) is 14.2. The van der Waals surface area contributed by atoms with Gasteiger partial charge in [-0.2, -0.15) is 0 Å². The minimum Gasteiger partial charge on any atom is -0.300 e. The van der Waals surface area contributed by atoms with Crippen LogP contribution >= 0.6 is 0 Å². The second-order valence-electron chi connectivity index (χ2n) is 7.23. The van der Waals surface area contributed by atoms with Crippen molar-refractivity contribution in [2.45, 2.75) is 57.7 Å². The van der Waals surface area contributed by atoms with Gasteiger partial charge in [-0.15, -0.1) is 0 Å². The van der Waals surface area contributed by atoms with Crippen molar-refractivity contribution in [2.75, 3.05) is 19.6 Å². The maximum Gasteiger partial charge on any atom is 0.161 e. The van der Waals surface area contributed by atoms with Crippen LogP contribution in [-0.2, 0) is 0 Å².